The highest BCUT2D eigenvalue weighted by Crippen LogP contribution is 2.24. The van der Waals surface area contributed by atoms with E-state index in [1.165, 1.54) is 38.6 Å². The first-order chi connectivity index (χ1) is 7.79. The average Bonchev–Trinajstić information content (AvgIpc) is 2.31. The highest BCUT2D eigenvalue weighted by molar-refractivity contribution is 4.83. The summed E-state index contributed by atoms with van der Waals surface area (Å²) >= 11 is 0. The molecule has 2 atom stereocenters. The first-order valence-electron chi connectivity index (χ1n) is 6.82. The molecule has 0 aliphatic carbocycles. The molecule has 2 N–H and O–H groups in total. The van der Waals surface area contributed by atoms with Gasteiger partial charge in [0.25, 0.3) is 0 Å². The summed E-state index contributed by atoms with van der Waals surface area (Å²) in [6, 6.07) is 0. The summed E-state index contributed by atoms with van der Waals surface area (Å²) in [5, 5.41) is 7.09. The molecular formula is C13H26N2O. The molecule has 0 aromatic carbocycles. The number of hydrogen-bond donors (Lipinski definition) is 2. The van der Waals surface area contributed by atoms with E-state index in [2.05, 4.69) is 17.6 Å². The smallest absolute Gasteiger partial charge is 0.0699 e. The number of ether oxygens (including phenoxy) is 1. The van der Waals surface area contributed by atoms with Gasteiger partial charge in [0.1, 0.15) is 0 Å². The van der Waals surface area contributed by atoms with E-state index >= 15 is 0 Å². The van der Waals surface area contributed by atoms with Crippen molar-refractivity contribution in [3.05, 3.63) is 0 Å². The molecule has 0 radical (unpaired) electrons. The molecule has 2 heterocycles. The van der Waals surface area contributed by atoms with Gasteiger partial charge in [0, 0.05) is 26.2 Å². The van der Waals surface area contributed by atoms with E-state index in [9.17, 15) is 0 Å². The molecule has 0 aromatic rings. The van der Waals surface area contributed by atoms with Crippen molar-refractivity contribution in [1.29, 1.82) is 0 Å². The quantitative estimate of drug-likeness (QED) is 0.763. The molecule has 2 saturated heterocycles. The Morgan fingerprint density at radius 3 is 3.00 bits per heavy atom. The minimum absolute atomic E-state index is 0.451. The van der Waals surface area contributed by atoms with Crippen LogP contribution in [-0.4, -0.2) is 38.9 Å². The third-order valence-corrected chi connectivity index (χ3v) is 3.88. The third kappa shape index (κ3) is 3.72. The van der Waals surface area contributed by atoms with Gasteiger partial charge in [0.2, 0.25) is 0 Å². The van der Waals surface area contributed by atoms with Crippen molar-refractivity contribution in [3.8, 4) is 0 Å². The summed E-state index contributed by atoms with van der Waals surface area (Å²) in [6.45, 7) is 7.86. The summed E-state index contributed by atoms with van der Waals surface area (Å²) in [5.74, 6) is 0. The van der Waals surface area contributed by atoms with Gasteiger partial charge in [-0.2, -0.15) is 0 Å². The molecule has 0 saturated carbocycles. The molecule has 2 fully saturated rings. The Hall–Kier alpha value is -0.120. The van der Waals surface area contributed by atoms with Crippen LogP contribution in [0.1, 0.15) is 39.0 Å². The zero-order valence-corrected chi connectivity index (χ0v) is 10.6. The van der Waals surface area contributed by atoms with E-state index in [0.29, 0.717) is 11.5 Å². The summed E-state index contributed by atoms with van der Waals surface area (Å²) in [5.41, 5.74) is 0.451. The van der Waals surface area contributed by atoms with Gasteiger partial charge < -0.3 is 15.4 Å². The fraction of sp³-hybridized carbons (Fsp3) is 1.00. The van der Waals surface area contributed by atoms with Gasteiger partial charge in [-0.3, -0.25) is 0 Å². The first kappa shape index (κ1) is 12.3. The second kappa shape index (κ2) is 5.99. The summed E-state index contributed by atoms with van der Waals surface area (Å²) < 4.78 is 5.72. The fourth-order valence-corrected chi connectivity index (χ4v) is 2.77. The monoisotopic (exact) mass is 226 g/mol. The zero-order chi connectivity index (χ0) is 11.3. The van der Waals surface area contributed by atoms with Crippen LogP contribution in [0.25, 0.3) is 0 Å². The Bertz CT molecular complexity index is 196. The van der Waals surface area contributed by atoms with E-state index in [1.807, 2.05) is 0 Å². The SMILES string of the molecule is CC1(CNCC2CCCCO2)CCCNC1. The summed E-state index contributed by atoms with van der Waals surface area (Å²) in [7, 11) is 0. The van der Waals surface area contributed by atoms with Gasteiger partial charge in [0.05, 0.1) is 6.10 Å². The molecule has 0 amide bonds. The molecule has 3 heteroatoms. The van der Waals surface area contributed by atoms with Crippen molar-refractivity contribution < 1.29 is 4.74 Å². The topological polar surface area (TPSA) is 33.3 Å². The van der Waals surface area contributed by atoms with Crippen LogP contribution < -0.4 is 10.6 Å². The summed E-state index contributed by atoms with van der Waals surface area (Å²) in [4.78, 5) is 0. The number of rotatable bonds is 4. The molecule has 3 nitrogen and oxygen atoms in total. The second-order valence-electron chi connectivity index (χ2n) is 5.71. The van der Waals surface area contributed by atoms with Crippen LogP contribution in [0, 0.1) is 5.41 Å². The largest absolute Gasteiger partial charge is 0.377 e. The highest BCUT2D eigenvalue weighted by atomic mass is 16.5. The predicted octanol–water partition coefficient (Wildman–Crippen LogP) is 1.53. The van der Waals surface area contributed by atoms with Crippen molar-refractivity contribution in [2.75, 3.05) is 32.8 Å². The minimum Gasteiger partial charge on any atom is -0.377 e. The van der Waals surface area contributed by atoms with Crippen molar-refractivity contribution in [1.82, 2.24) is 10.6 Å². The minimum atomic E-state index is 0.451. The Labute approximate surface area is 99.3 Å². The van der Waals surface area contributed by atoms with Gasteiger partial charge in [-0.15, -0.1) is 0 Å². The Balaban J connectivity index is 1.62. The number of hydrogen-bond acceptors (Lipinski definition) is 3. The number of piperidine rings is 1. The van der Waals surface area contributed by atoms with Gasteiger partial charge in [0.15, 0.2) is 0 Å². The third-order valence-electron chi connectivity index (χ3n) is 3.88. The van der Waals surface area contributed by atoms with Crippen LogP contribution in [0.2, 0.25) is 0 Å². The van der Waals surface area contributed by atoms with Crippen LogP contribution in [-0.2, 0) is 4.74 Å². The lowest BCUT2D eigenvalue weighted by Gasteiger charge is -2.35. The lowest BCUT2D eigenvalue weighted by molar-refractivity contribution is 0.0152. The molecule has 0 aromatic heterocycles. The van der Waals surface area contributed by atoms with Crippen LogP contribution >= 0.6 is 0 Å². The molecule has 0 spiro atoms. The maximum atomic E-state index is 5.72. The Kier molecular flexibility index (Phi) is 4.62. The van der Waals surface area contributed by atoms with Crippen LogP contribution in [0.3, 0.4) is 0 Å². The second-order valence-corrected chi connectivity index (χ2v) is 5.71. The lowest BCUT2D eigenvalue weighted by atomic mass is 9.83. The molecule has 0 bridgehead atoms. The molecule has 2 rings (SSSR count). The fourth-order valence-electron chi connectivity index (χ4n) is 2.77. The number of nitrogens with one attached hydrogen (secondary N) is 2. The summed E-state index contributed by atoms with van der Waals surface area (Å²) in [6.07, 6.45) is 6.95. The van der Waals surface area contributed by atoms with E-state index in [0.717, 1.165) is 26.2 Å². The van der Waals surface area contributed by atoms with Crippen LogP contribution in [0.5, 0.6) is 0 Å². The van der Waals surface area contributed by atoms with Crippen LogP contribution in [0.15, 0.2) is 0 Å². The molecule has 2 aliphatic heterocycles. The van der Waals surface area contributed by atoms with Crippen molar-refractivity contribution in [2.45, 2.75) is 45.1 Å². The average molecular weight is 226 g/mol. The van der Waals surface area contributed by atoms with Gasteiger partial charge in [-0.25, -0.2) is 0 Å². The highest BCUT2D eigenvalue weighted by Gasteiger charge is 2.26. The normalized spacial score (nSPS) is 36.2. The zero-order valence-electron chi connectivity index (χ0n) is 10.6. The molecule has 2 aliphatic rings. The van der Waals surface area contributed by atoms with E-state index in [-0.39, 0.29) is 0 Å². The molecule has 16 heavy (non-hydrogen) atoms. The van der Waals surface area contributed by atoms with E-state index in [1.54, 1.807) is 0 Å². The van der Waals surface area contributed by atoms with Gasteiger partial charge in [-0.05, 0) is 44.1 Å². The molecule has 94 valence electrons. The van der Waals surface area contributed by atoms with Crippen LogP contribution in [0.4, 0.5) is 0 Å². The van der Waals surface area contributed by atoms with Gasteiger partial charge in [-0.1, -0.05) is 6.92 Å². The molecule has 2 unspecified atom stereocenters. The van der Waals surface area contributed by atoms with E-state index < -0.39 is 0 Å². The molecular weight excluding hydrogens is 200 g/mol. The maximum Gasteiger partial charge on any atom is 0.0699 e. The van der Waals surface area contributed by atoms with Crippen molar-refractivity contribution >= 4 is 0 Å². The Morgan fingerprint density at radius 1 is 1.38 bits per heavy atom. The van der Waals surface area contributed by atoms with Crippen molar-refractivity contribution in [2.24, 2.45) is 5.41 Å². The standard InChI is InChI=1S/C13H26N2O/c1-13(6-4-7-14-10-13)11-15-9-12-5-2-3-8-16-12/h12,14-15H,2-11H2,1H3. The van der Waals surface area contributed by atoms with Crippen molar-refractivity contribution in [3.63, 3.8) is 0 Å². The first-order valence-corrected chi connectivity index (χ1v) is 6.82. The van der Waals surface area contributed by atoms with E-state index in [4.69, 9.17) is 4.74 Å². The van der Waals surface area contributed by atoms with Gasteiger partial charge >= 0.3 is 0 Å². The predicted molar refractivity (Wildman–Crippen MR) is 66.7 cm³/mol. The Morgan fingerprint density at radius 2 is 2.31 bits per heavy atom. The lowest BCUT2D eigenvalue weighted by Crippen LogP contribution is -2.46. The maximum absolute atomic E-state index is 5.72.